The lowest BCUT2D eigenvalue weighted by atomic mass is 10.1. The second-order valence-electron chi connectivity index (χ2n) is 5.88. The number of nitrogens with one attached hydrogen (secondary N) is 3. The van der Waals surface area contributed by atoms with Crippen LogP contribution in [0.2, 0.25) is 0 Å². The molecule has 2 atom stereocenters. The Kier molecular flexibility index (Phi) is 4.60. The van der Waals surface area contributed by atoms with Crippen LogP contribution in [0.5, 0.6) is 5.75 Å². The summed E-state index contributed by atoms with van der Waals surface area (Å²) in [5, 5.41) is 12.4. The summed E-state index contributed by atoms with van der Waals surface area (Å²) in [4.78, 5) is 24.1. The summed E-state index contributed by atoms with van der Waals surface area (Å²) in [5.41, 5.74) is 1.28. The second-order valence-corrected chi connectivity index (χ2v) is 5.88. The van der Waals surface area contributed by atoms with E-state index in [4.69, 9.17) is 9.26 Å². The molecule has 0 fully saturated rings. The van der Waals surface area contributed by atoms with Gasteiger partial charge in [-0.15, -0.1) is 0 Å². The number of rotatable bonds is 5. The average molecular weight is 344 g/mol. The molecule has 0 unspecified atom stereocenters. The molecule has 0 bridgehead atoms. The highest BCUT2D eigenvalue weighted by molar-refractivity contribution is 5.98. The Morgan fingerprint density at radius 2 is 2.20 bits per heavy atom. The first-order chi connectivity index (χ1) is 12.0. The Balaban J connectivity index is 1.70. The summed E-state index contributed by atoms with van der Waals surface area (Å²) in [6, 6.07) is 6.50. The van der Waals surface area contributed by atoms with Gasteiger partial charge in [0.2, 0.25) is 5.91 Å². The number of aromatic nitrogens is 1. The zero-order valence-electron chi connectivity index (χ0n) is 14.3. The highest BCUT2D eigenvalue weighted by Crippen LogP contribution is 2.32. The van der Waals surface area contributed by atoms with E-state index in [0.717, 1.165) is 0 Å². The molecule has 3 rings (SSSR count). The topological polar surface area (TPSA) is 105 Å². The summed E-state index contributed by atoms with van der Waals surface area (Å²) >= 11 is 0. The Morgan fingerprint density at radius 1 is 1.40 bits per heavy atom. The van der Waals surface area contributed by atoms with E-state index in [2.05, 4.69) is 21.1 Å². The molecule has 0 aliphatic carbocycles. The van der Waals surface area contributed by atoms with Crippen LogP contribution in [-0.2, 0) is 9.59 Å². The normalized spacial score (nSPS) is 17.1. The van der Waals surface area contributed by atoms with Gasteiger partial charge in [0.1, 0.15) is 17.6 Å². The van der Waals surface area contributed by atoms with Crippen LogP contribution in [0.25, 0.3) is 0 Å². The van der Waals surface area contributed by atoms with Crippen LogP contribution in [0, 0.1) is 6.92 Å². The summed E-state index contributed by atoms with van der Waals surface area (Å²) in [5.74, 6) is 1.19. The van der Waals surface area contributed by atoms with Crippen molar-refractivity contribution in [2.75, 3.05) is 16.0 Å². The lowest BCUT2D eigenvalue weighted by molar-refractivity contribution is -0.122. The number of aryl methyl sites for hydroxylation is 1. The molecular weight excluding hydrogens is 324 g/mol. The van der Waals surface area contributed by atoms with Gasteiger partial charge in [0.25, 0.3) is 5.91 Å². The van der Waals surface area contributed by atoms with Gasteiger partial charge in [-0.2, -0.15) is 0 Å². The molecule has 2 amide bonds. The van der Waals surface area contributed by atoms with E-state index in [9.17, 15) is 9.59 Å². The minimum Gasteiger partial charge on any atom is -0.479 e. The van der Waals surface area contributed by atoms with Crippen molar-refractivity contribution in [1.82, 2.24) is 5.16 Å². The SMILES string of the molecule is CC[C@H](Nc1ccc2c(c1)NC(=O)[C@@H](C)O2)C(=O)Nc1cc(C)on1. The van der Waals surface area contributed by atoms with Crippen LogP contribution in [0.15, 0.2) is 28.8 Å². The fourth-order valence-electron chi connectivity index (χ4n) is 2.49. The van der Waals surface area contributed by atoms with Crippen molar-refractivity contribution in [2.45, 2.75) is 39.3 Å². The summed E-state index contributed by atoms with van der Waals surface area (Å²) in [6.45, 7) is 5.34. The fraction of sp³-hybridized carbons (Fsp3) is 0.353. The first-order valence-corrected chi connectivity index (χ1v) is 8.08. The quantitative estimate of drug-likeness (QED) is 0.770. The maximum absolute atomic E-state index is 12.4. The molecule has 2 aromatic rings. The van der Waals surface area contributed by atoms with Crippen LogP contribution < -0.4 is 20.7 Å². The Hall–Kier alpha value is -3.03. The Morgan fingerprint density at radius 3 is 2.88 bits per heavy atom. The lowest BCUT2D eigenvalue weighted by Gasteiger charge is -2.24. The lowest BCUT2D eigenvalue weighted by Crippen LogP contribution is -2.35. The van der Waals surface area contributed by atoms with E-state index in [1.54, 1.807) is 38.1 Å². The molecule has 1 aromatic carbocycles. The van der Waals surface area contributed by atoms with E-state index < -0.39 is 12.1 Å². The predicted octanol–water partition coefficient (Wildman–Crippen LogP) is 2.53. The highest BCUT2D eigenvalue weighted by atomic mass is 16.5. The summed E-state index contributed by atoms with van der Waals surface area (Å²) in [7, 11) is 0. The molecule has 0 radical (unpaired) electrons. The highest BCUT2D eigenvalue weighted by Gasteiger charge is 2.24. The number of nitrogens with zero attached hydrogens (tertiary/aromatic N) is 1. The van der Waals surface area contributed by atoms with Crippen LogP contribution in [0.4, 0.5) is 17.2 Å². The maximum Gasteiger partial charge on any atom is 0.265 e. The standard InChI is InChI=1S/C17H20N4O4/c1-4-12(17(23)20-15-7-9(2)25-21-15)18-11-5-6-14-13(8-11)19-16(22)10(3)24-14/h5-8,10,12,18H,4H2,1-3H3,(H,19,22)(H,20,21,23)/t10-,12+/m1/s1. The zero-order valence-corrected chi connectivity index (χ0v) is 14.3. The molecule has 8 heteroatoms. The van der Waals surface area contributed by atoms with Gasteiger partial charge in [-0.1, -0.05) is 12.1 Å². The first kappa shape index (κ1) is 16.8. The fourth-order valence-corrected chi connectivity index (χ4v) is 2.49. The molecule has 3 N–H and O–H groups in total. The molecule has 0 spiro atoms. The van der Waals surface area contributed by atoms with Crippen molar-refractivity contribution >= 4 is 29.0 Å². The van der Waals surface area contributed by atoms with Gasteiger partial charge < -0.3 is 25.2 Å². The first-order valence-electron chi connectivity index (χ1n) is 8.08. The van der Waals surface area contributed by atoms with E-state index in [0.29, 0.717) is 35.1 Å². The number of anilines is 3. The number of ether oxygens (including phenoxy) is 1. The van der Waals surface area contributed by atoms with Crippen molar-refractivity contribution in [1.29, 1.82) is 0 Å². The van der Waals surface area contributed by atoms with E-state index >= 15 is 0 Å². The Bertz CT molecular complexity index is 802. The molecule has 1 aromatic heterocycles. The van der Waals surface area contributed by atoms with Crippen LogP contribution >= 0.6 is 0 Å². The smallest absolute Gasteiger partial charge is 0.265 e. The van der Waals surface area contributed by atoms with Crippen LogP contribution in [0.1, 0.15) is 26.0 Å². The van der Waals surface area contributed by atoms with Gasteiger partial charge in [-0.25, -0.2) is 0 Å². The molecule has 2 heterocycles. The Labute approximate surface area is 144 Å². The van der Waals surface area contributed by atoms with E-state index in [1.165, 1.54) is 0 Å². The van der Waals surface area contributed by atoms with Crippen molar-refractivity contribution in [2.24, 2.45) is 0 Å². The minimum absolute atomic E-state index is 0.198. The second kappa shape index (κ2) is 6.84. The van der Waals surface area contributed by atoms with Gasteiger partial charge in [0, 0.05) is 11.8 Å². The zero-order chi connectivity index (χ0) is 18.0. The van der Waals surface area contributed by atoms with Gasteiger partial charge in [0.05, 0.1) is 5.69 Å². The number of benzene rings is 1. The number of carbonyl (C=O) groups excluding carboxylic acids is 2. The third-order valence-corrected chi connectivity index (χ3v) is 3.86. The summed E-state index contributed by atoms with van der Waals surface area (Å²) < 4.78 is 10.5. The number of carbonyl (C=O) groups is 2. The molecule has 1 aliphatic heterocycles. The van der Waals surface area contributed by atoms with Crippen molar-refractivity contribution < 1.29 is 18.8 Å². The predicted molar refractivity (Wildman–Crippen MR) is 92.7 cm³/mol. The van der Waals surface area contributed by atoms with Crippen molar-refractivity contribution in [3.8, 4) is 5.75 Å². The molecule has 132 valence electrons. The molecular formula is C17H20N4O4. The molecule has 0 saturated heterocycles. The van der Waals surface area contributed by atoms with Gasteiger partial charge in [-0.05, 0) is 38.5 Å². The minimum atomic E-state index is -0.522. The van der Waals surface area contributed by atoms with Crippen molar-refractivity contribution in [3.05, 3.63) is 30.0 Å². The molecule has 0 saturated carbocycles. The molecule has 8 nitrogen and oxygen atoms in total. The molecule has 1 aliphatic rings. The van der Waals surface area contributed by atoms with Crippen molar-refractivity contribution in [3.63, 3.8) is 0 Å². The number of hydrogen-bond acceptors (Lipinski definition) is 6. The van der Waals surface area contributed by atoms with Crippen LogP contribution in [0.3, 0.4) is 0 Å². The third kappa shape index (κ3) is 3.73. The van der Waals surface area contributed by atoms with Gasteiger partial charge >= 0.3 is 0 Å². The summed E-state index contributed by atoms with van der Waals surface area (Å²) in [6.07, 6.45) is 0.0472. The molecule has 25 heavy (non-hydrogen) atoms. The number of hydrogen-bond donors (Lipinski definition) is 3. The average Bonchev–Trinajstić information content (AvgIpc) is 2.98. The third-order valence-electron chi connectivity index (χ3n) is 3.86. The monoisotopic (exact) mass is 344 g/mol. The number of fused-ring (bicyclic) bond motifs is 1. The number of amides is 2. The van der Waals surface area contributed by atoms with E-state index in [-0.39, 0.29) is 11.8 Å². The van der Waals surface area contributed by atoms with Crippen LogP contribution in [-0.4, -0.2) is 29.1 Å². The largest absolute Gasteiger partial charge is 0.479 e. The maximum atomic E-state index is 12.4. The van der Waals surface area contributed by atoms with E-state index in [1.807, 2.05) is 6.92 Å². The van der Waals surface area contributed by atoms with Gasteiger partial charge in [-0.3, -0.25) is 9.59 Å². The van der Waals surface area contributed by atoms with Gasteiger partial charge in [0.15, 0.2) is 11.9 Å².